The Bertz CT molecular complexity index is 903. The monoisotopic (exact) mass is 366 g/mol. The van der Waals surface area contributed by atoms with Crippen LogP contribution in [-0.4, -0.2) is 16.8 Å². The van der Waals surface area contributed by atoms with Gasteiger partial charge in [-0.25, -0.2) is 4.79 Å². The number of ether oxygens (including phenoxy) is 1. The van der Waals surface area contributed by atoms with Crippen LogP contribution in [0.2, 0.25) is 5.02 Å². The minimum atomic E-state index is -0.573. The molecule has 1 aliphatic rings. The number of amides is 1. The zero-order valence-electron chi connectivity index (χ0n) is 13.8. The van der Waals surface area contributed by atoms with Gasteiger partial charge in [0.25, 0.3) is 0 Å². The fraction of sp³-hybridized carbons (Fsp3) is 0.150. The molecule has 0 bridgehead atoms. The summed E-state index contributed by atoms with van der Waals surface area (Å²) in [6, 6.07) is 15.6. The molecule has 5 nitrogen and oxygen atoms in total. The van der Waals surface area contributed by atoms with E-state index in [2.05, 4.69) is 0 Å². The molecular formula is C20H15ClN2O3. The molecular weight excluding hydrogens is 352 g/mol. The summed E-state index contributed by atoms with van der Waals surface area (Å²) in [5.74, 6) is -0.109. The van der Waals surface area contributed by atoms with Gasteiger partial charge in [0.05, 0.1) is 17.7 Å². The van der Waals surface area contributed by atoms with E-state index in [1.54, 1.807) is 12.1 Å². The number of benzene rings is 2. The molecule has 0 saturated carbocycles. The lowest BCUT2D eigenvalue weighted by Gasteiger charge is -2.31. The average molecular weight is 367 g/mol. The van der Waals surface area contributed by atoms with E-state index in [0.717, 1.165) is 5.56 Å². The van der Waals surface area contributed by atoms with Crippen molar-refractivity contribution in [1.82, 2.24) is 4.90 Å². The van der Waals surface area contributed by atoms with Crippen molar-refractivity contribution in [3.05, 3.63) is 82.5 Å². The van der Waals surface area contributed by atoms with Gasteiger partial charge in [-0.2, -0.15) is 5.26 Å². The minimum Gasteiger partial charge on any atom is -0.444 e. The number of carbonyl (C=O) groups is 2. The Labute approximate surface area is 156 Å². The van der Waals surface area contributed by atoms with Gasteiger partial charge in [-0.1, -0.05) is 48.0 Å². The summed E-state index contributed by atoms with van der Waals surface area (Å²) in [6.45, 7) is 0.131. The Morgan fingerprint density at radius 1 is 1.27 bits per heavy atom. The Morgan fingerprint density at radius 3 is 2.73 bits per heavy atom. The molecule has 1 amide bonds. The molecule has 6 heteroatoms. The Balaban J connectivity index is 1.81. The SMILES string of the molecule is N#Cc1ccc(C2CC(=O)C=CN2C(=O)OCc2ccccc2)c(Cl)c1. The maximum atomic E-state index is 12.5. The van der Waals surface area contributed by atoms with E-state index in [-0.39, 0.29) is 18.8 Å². The number of halogens is 1. The summed E-state index contributed by atoms with van der Waals surface area (Å²) >= 11 is 6.27. The Kier molecular flexibility index (Phi) is 5.35. The Morgan fingerprint density at radius 2 is 2.04 bits per heavy atom. The molecule has 0 radical (unpaired) electrons. The molecule has 2 aromatic carbocycles. The van der Waals surface area contributed by atoms with E-state index in [0.29, 0.717) is 16.1 Å². The van der Waals surface area contributed by atoms with Crippen molar-refractivity contribution < 1.29 is 14.3 Å². The standard InChI is InChI=1S/C20H15ClN2O3/c21-18-10-15(12-22)6-7-17(18)19-11-16(24)8-9-23(19)20(25)26-13-14-4-2-1-3-5-14/h1-10,19H,11,13H2. The zero-order chi connectivity index (χ0) is 18.5. The van der Waals surface area contributed by atoms with E-state index >= 15 is 0 Å². The number of nitriles is 1. The lowest BCUT2D eigenvalue weighted by molar-refractivity contribution is -0.116. The molecule has 130 valence electrons. The van der Waals surface area contributed by atoms with Crippen LogP contribution in [0, 0.1) is 11.3 Å². The summed E-state index contributed by atoms with van der Waals surface area (Å²) in [4.78, 5) is 25.8. The zero-order valence-corrected chi connectivity index (χ0v) is 14.5. The lowest BCUT2D eigenvalue weighted by Crippen LogP contribution is -2.35. The summed E-state index contributed by atoms with van der Waals surface area (Å²) in [7, 11) is 0. The smallest absolute Gasteiger partial charge is 0.414 e. The van der Waals surface area contributed by atoms with Gasteiger partial charge >= 0.3 is 6.09 Å². The second kappa shape index (κ2) is 7.85. The molecule has 2 aromatic rings. The maximum Gasteiger partial charge on any atom is 0.414 e. The van der Waals surface area contributed by atoms with Crippen LogP contribution in [0.4, 0.5) is 4.79 Å². The molecule has 0 aliphatic carbocycles. The molecule has 3 rings (SSSR count). The van der Waals surface area contributed by atoms with Crippen LogP contribution in [0.1, 0.15) is 29.2 Å². The van der Waals surface area contributed by atoms with E-state index in [1.807, 2.05) is 36.4 Å². The molecule has 0 N–H and O–H groups in total. The normalized spacial score (nSPS) is 16.2. The molecule has 0 spiro atoms. The van der Waals surface area contributed by atoms with Crippen LogP contribution < -0.4 is 0 Å². The Hall–Kier alpha value is -3.10. The molecule has 0 aromatic heterocycles. The van der Waals surface area contributed by atoms with Crippen molar-refractivity contribution in [2.45, 2.75) is 19.1 Å². The molecule has 1 aliphatic heterocycles. The van der Waals surface area contributed by atoms with Crippen molar-refractivity contribution in [3.8, 4) is 6.07 Å². The van der Waals surface area contributed by atoms with Crippen LogP contribution in [-0.2, 0) is 16.1 Å². The summed E-state index contributed by atoms with van der Waals surface area (Å²) in [6.07, 6.45) is 2.29. The van der Waals surface area contributed by atoms with Crippen LogP contribution in [0.15, 0.2) is 60.8 Å². The molecule has 26 heavy (non-hydrogen) atoms. The number of hydrogen-bond donors (Lipinski definition) is 0. The molecule has 1 atom stereocenters. The third-order valence-electron chi connectivity index (χ3n) is 4.06. The van der Waals surface area contributed by atoms with Crippen molar-refractivity contribution in [2.75, 3.05) is 0 Å². The highest BCUT2D eigenvalue weighted by Crippen LogP contribution is 2.34. The number of rotatable bonds is 3. The highest BCUT2D eigenvalue weighted by atomic mass is 35.5. The largest absolute Gasteiger partial charge is 0.444 e. The first-order chi connectivity index (χ1) is 12.6. The average Bonchev–Trinajstić information content (AvgIpc) is 2.66. The molecule has 0 fully saturated rings. The number of ketones is 1. The van der Waals surface area contributed by atoms with Gasteiger partial charge in [0.15, 0.2) is 5.78 Å². The van der Waals surface area contributed by atoms with E-state index in [9.17, 15) is 9.59 Å². The summed E-state index contributed by atoms with van der Waals surface area (Å²) < 4.78 is 5.37. The number of carbonyl (C=O) groups excluding carboxylic acids is 2. The quantitative estimate of drug-likeness (QED) is 0.808. The first-order valence-corrected chi connectivity index (χ1v) is 8.36. The second-order valence-corrected chi connectivity index (χ2v) is 6.20. The fourth-order valence-electron chi connectivity index (χ4n) is 2.73. The van der Waals surface area contributed by atoms with E-state index in [1.165, 1.54) is 23.2 Å². The third-order valence-corrected chi connectivity index (χ3v) is 4.38. The highest BCUT2D eigenvalue weighted by Gasteiger charge is 2.31. The molecule has 1 unspecified atom stereocenters. The van der Waals surface area contributed by atoms with E-state index in [4.69, 9.17) is 21.6 Å². The predicted octanol–water partition coefficient (Wildman–Crippen LogP) is 4.38. The highest BCUT2D eigenvalue weighted by molar-refractivity contribution is 6.31. The topological polar surface area (TPSA) is 70.4 Å². The van der Waals surface area contributed by atoms with E-state index < -0.39 is 12.1 Å². The van der Waals surface area contributed by atoms with Crippen LogP contribution in [0.25, 0.3) is 0 Å². The van der Waals surface area contributed by atoms with Crippen LogP contribution in [0.5, 0.6) is 0 Å². The van der Waals surface area contributed by atoms with Gasteiger partial charge in [0, 0.05) is 17.6 Å². The third kappa shape index (κ3) is 3.93. The lowest BCUT2D eigenvalue weighted by atomic mass is 9.96. The molecule has 0 saturated heterocycles. The van der Waals surface area contributed by atoms with Crippen LogP contribution in [0.3, 0.4) is 0 Å². The second-order valence-electron chi connectivity index (χ2n) is 5.80. The summed E-state index contributed by atoms with van der Waals surface area (Å²) in [5.41, 5.74) is 1.88. The van der Waals surface area contributed by atoms with Gasteiger partial charge in [0.1, 0.15) is 6.61 Å². The van der Waals surface area contributed by atoms with Gasteiger partial charge in [-0.3, -0.25) is 9.69 Å². The fourth-order valence-corrected chi connectivity index (χ4v) is 3.04. The van der Waals surface area contributed by atoms with Crippen LogP contribution >= 0.6 is 11.6 Å². The minimum absolute atomic E-state index is 0.0998. The van der Waals surface area contributed by atoms with Gasteiger partial charge in [-0.05, 0) is 29.3 Å². The van der Waals surface area contributed by atoms with Crippen molar-refractivity contribution >= 4 is 23.5 Å². The maximum absolute atomic E-state index is 12.5. The van der Waals surface area contributed by atoms with Crippen molar-refractivity contribution in [1.29, 1.82) is 5.26 Å². The van der Waals surface area contributed by atoms with Gasteiger partial charge < -0.3 is 4.74 Å². The van der Waals surface area contributed by atoms with Gasteiger partial charge in [0.2, 0.25) is 0 Å². The van der Waals surface area contributed by atoms with Crippen molar-refractivity contribution in [2.24, 2.45) is 0 Å². The first-order valence-electron chi connectivity index (χ1n) is 7.98. The van der Waals surface area contributed by atoms with Gasteiger partial charge in [-0.15, -0.1) is 0 Å². The number of allylic oxidation sites excluding steroid dienone is 1. The molecule has 1 heterocycles. The number of nitrogens with zero attached hydrogens (tertiary/aromatic N) is 2. The van der Waals surface area contributed by atoms with Crippen molar-refractivity contribution in [3.63, 3.8) is 0 Å². The number of hydrogen-bond acceptors (Lipinski definition) is 4. The summed E-state index contributed by atoms with van der Waals surface area (Å²) in [5, 5.41) is 9.30. The predicted molar refractivity (Wildman–Crippen MR) is 96.1 cm³/mol. The first kappa shape index (κ1) is 17.7.